The van der Waals surface area contributed by atoms with Gasteiger partial charge in [-0.15, -0.1) is 0 Å². The molecular formula is C35H52N4O3. The van der Waals surface area contributed by atoms with Gasteiger partial charge in [-0.05, 0) is 73.8 Å². The van der Waals surface area contributed by atoms with E-state index in [-0.39, 0.29) is 17.9 Å². The van der Waals surface area contributed by atoms with E-state index in [9.17, 15) is 9.59 Å². The van der Waals surface area contributed by atoms with E-state index in [1.807, 2.05) is 41.8 Å². The van der Waals surface area contributed by atoms with Crippen LogP contribution in [0.25, 0.3) is 0 Å². The molecule has 7 nitrogen and oxygen atoms in total. The molecule has 1 unspecified atom stereocenters. The number of hydrogen-bond acceptors (Lipinski definition) is 4. The number of hydrogen-bond donors (Lipinski definition) is 1. The molecule has 2 aliphatic heterocycles. The Kier molecular flexibility index (Phi) is 12.0. The van der Waals surface area contributed by atoms with Crippen LogP contribution in [-0.2, 0) is 11.4 Å². The van der Waals surface area contributed by atoms with Gasteiger partial charge in [0.25, 0.3) is 0 Å². The molecule has 2 aromatic rings. The highest BCUT2D eigenvalue weighted by atomic mass is 16.5. The second-order valence-corrected chi connectivity index (χ2v) is 12.8. The van der Waals surface area contributed by atoms with Crippen molar-refractivity contribution < 1.29 is 14.3 Å². The molecule has 2 fully saturated rings. The molecule has 2 aromatic carbocycles. The summed E-state index contributed by atoms with van der Waals surface area (Å²) in [7, 11) is 0. The van der Waals surface area contributed by atoms with Crippen molar-refractivity contribution in [2.45, 2.75) is 91.3 Å². The zero-order chi connectivity index (χ0) is 29.9. The lowest BCUT2D eigenvalue weighted by Gasteiger charge is -2.41. The van der Waals surface area contributed by atoms with Gasteiger partial charge in [-0.1, -0.05) is 70.9 Å². The van der Waals surface area contributed by atoms with E-state index in [2.05, 4.69) is 60.5 Å². The lowest BCUT2D eigenvalue weighted by Crippen LogP contribution is -2.57. The summed E-state index contributed by atoms with van der Waals surface area (Å²) in [5.74, 6) is 1.58. The summed E-state index contributed by atoms with van der Waals surface area (Å²) < 4.78 is 6.03. The van der Waals surface area contributed by atoms with Gasteiger partial charge in [0.1, 0.15) is 18.4 Å². The fourth-order valence-corrected chi connectivity index (χ4v) is 6.00. The molecule has 230 valence electrons. The Morgan fingerprint density at radius 2 is 1.50 bits per heavy atom. The predicted octanol–water partition coefficient (Wildman–Crippen LogP) is 6.72. The van der Waals surface area contributed by atoms with Crippen molar-refractivity contribution in [1.82, 2.24) is 15.1 Å². The highest BCUT2D eigenvalue weighted by Crippen LogP contribution is 2.28. The predicted molar refractivity (Wildman–Crippen MR) is 171 cm³/mol. The van der Waals surface area contributed by atoms with Crippen molar-refractivity contribution in [3.8, 4) is 5.75 Å². The molecule has 0 aromatic heterocycles. The minimum Gasteiger partial charge on any atom is -0.489 e. The number of ether oxygens (including phenoxy) is 1. The highest BCUT2D eigenvalue weighted by molar-refractivity contribution is 5.87. The number of nitrogens with one attached hydrogen (secondary N) is 1. The summed E-state index contributed by atoms with van der Waals surface area (Å²) in [4.78, 5) is 33.1. The molecule has 0 bridgehead atoms. The molecule has 1 N–H and O–H groups in total. The van der Waals surface area contributed by atoms with Crippen molar-refractivity contribution in [3.63, 3.8) is 0 Å². The second-order valence-electron chi connectivity index (χ2n) is 12.8. The van der Waals surface area contributed by atoms with Crippen LogP contribution >= 0.6 is 0 Å². The van der Waals surface area contributed by atoms with Crippen LogP contribution in [0.2, 0.25) is 0 Å². The minimum atomic E-state index is -0.488. The van der Waals surface area contributed by atoms with E-state index in [1.54, 1.807) is 0 Å². The SMILES string of the molecule is CC(C)CCN(c1ccc(OCc2ccccc2)cc1)C1CCN(C(=O)C(NC(=O)N2CCCCCC2)C(C)C)CC1. The van der Waals surface area contributed by atoms with Crippen molar-refractivity contribution in [2.75, 3.05) is 37.6 Å². The van der Waals surface area contributed by atoms with Gasteiger partial charge in [0, 0.05) is 44.5 Å². The Morgan fingerprint density at radius 1 is 0.857 bits per heavy atom. The monoisotopic (exact) mass is 576 g/mol. The molecule has 2 aliphatic rings. The molecule has 2 saturated heterocycles. The first-order valence-electron chi connectivity index (χ1n) is 16.2. The molecule has 42 heavy (non-hydrogen) atoms. The first-order valence-corrected chi connectivity index (χ1v) is 16.2. The number of benzene rings is 2. The van der Waals surface area contributed by atoms with Gasteiger partial charge in [-0.25, -0.2) is 4.79 Å². The third kappa shape index (κ3) is 9.14. The van der Waals surface area contributed by atoms with E-state index >= 15 is 0 Å². The molecule has 3 amide bonds. The van der Waals surface area contributed by atoms with Gasteiger partial charge in [-0.3, -0.25) is 4.79 Å². The summed E-state index contributed by atoms with van der Waals surface area (Å²) in [6, 6.07) is 18.5. The maximum atomic E-state index is 13.7. The smallest absolute Gasteiger partial charge is 0.318 e. The van der Waals surface area contributed by atoms with Gasteiger partial charge in [0.15, 0.2) is 0 Å². The summed E-state index contributed by atoms with van der Waals surface area (Å²) in [6.45, 7) is 13.1. The fraction of sp³-hybridized carbons (Fsp3) is 0.600. The lowest BCUT2D eigenvalue weighted by atomic mass is 9.97. The number of likely N-dealkylation sites (tertiary alicyclic amines) is 2. The first kappa shape index (κ1) is 31.7. The zero-order valence-electron chi connectivity index (χ0n) is 26.3. The van der Waals surface area contributed by atoms with Crippen LogP contribution < -0.4 is 15.0 Å². The van der Waals surface area contributed by atoms with E-state index in [0.717, 1.165) is 63.1 Å². The van der Waals surface area contributed by atoms with E-state index < -0.39 is 6.04 Å². The van der Waals surface area contributed by atoms with Crippen molar-refractivity contribution in [3.05, 3.63) is 60.2 Å². The number of amides is 3. The van der Waals surface area contributed by atoms with Crippen molar-refractivity contribution in [1.29, 1.82) is 0 Å². The molecule has 0 aliphatic carbocycles. The molecule has 7 heteroatoms. The Balaban J connectivity index is 1.35. The average molecular weight is 577 g/mol. The molecule has 1 atom stereocenters. The number of rotatable bonds is 11. The van der Waals surface area contributed by atoms with E-state index in [0.29, 0.717) is 31.7 Å². The van der Waals surface area contributed by atoms with E-state index in [4.69, 9.17) is 4.74 Å². The van der Waals surface area contributed by atoms with Crippen LogP contribution in [0.15, 0.2) is 54.6 Å². The summed E-state index contributed by atoms with van der Waals surface area (Å²) in [5.41, 5.74) is 2.36. The van der Waals surface area contributed by atoms with Gasteiger partial charge >= 0.3 is 6.03 Å². The Morgan fingerprint density at radius 3 is 2.10 bits per heavy atom. The quantitative estimate of drug-likeness (QED) is 0.323. The molecule has 0 spiro atoms. The largest absolute Gasteiger partial charge is 0.489 e. The molecule has 0 saturated carbocycles. The number of carbonyl (C=O) groups is 2. The standard InChI is InChI=1S/C35H52N4O3/c1-27(2)18-25-39(30-14-16-32(17-15-30)42-26-29-12-8-7-9-13-29)31-19-23-37(24-20-31)34(40)33(28(3)4)36-35(41)38-21-10-5-6-11-22-38/h7-9,12-17,27-28,31,33H,5-6,10-11,18-26H2,1-4H3,(H,36,41). The maximum absolute atomic E-state index is 13.7. The average Bonchev–Trinajstić information content (AvgIpc) is 3.30. The number of anilines is 1. The molecular weight excluding hydrogens is 524 g/mol. The Bertz CT molecular complexity index is 1090. The third-order valence-corrected chi connectivity index (χ3v) is 8.69. The number of urea groups is 1. The number of piperidine rings is 1. The Hall–Kier alpha value is -3.22. The molecule has 0 radical (unpaired) electrons. The lowest BCUT2D eigenvalue weighted by molar-refractivity contribution is -0.135. The third-order valence-electron chi connectivity index (χ3n) is 8.69. The van der Waals surface area contributed by atoms with Crippen molar-refractivity contribution >= 4 is 17.6 Å². The number of nitrogens with zero attached hydrogens (tertiary/aromatic N) is 3. The molecule has 2 heterocycles. The van der Waals surface area contributed by atoms with E-state index in [1.165, 1.54) is 18.5 Å². The highest BCUT2D eigenvalue weighted by Gasteiger charge is 2.33. The topological polar surface area (TPSA) is 65.1 Å². The normalized spacial score (nSPS) is 17.2. The second kappa shape index (κ2) is 15.9. The van der Waals surface area contributed by atoms with Crippen LogP contribution in [0, 0.1) is 11.8 Å². The van der Waals surface area contributed by atoms with Gasteiger partial charge in [-0.2, -0.15) is 0 Å². The summed E-state index contributed by atoms with van der Waals surface area (Å²) in [5, 5.41) is 3.10. The van der Waals surface area contributed by atoms with Crippen LogP contribution in [0.1, 0.15) is 78.2 Å². The van der Waals surface area contributed by atoms with Crippen LogP contribution in [0.5, 0.6) is 5.75 Å². The van der Waals surface area contributed by atoms with Gasteiger partial charge < -0.3 is 24.8 Å². The van der Waals surface area contributed by atoms with Crippen LogP contribution in [0.4, 0.5) is 10.5 Å². The Labute approximate surface area is 253 Å². The molecule has 4 rings (SSSR count). The maximum Gasteiger partial charge on any atom is 0.318 e. The van der Waals surface area contributed by atoms with Gasteiger partial charge in [0.05, 0.1) is 0 Å². The minimum absolute atomic E-state index is 0.0383. The van der Waals surface area contributed by atoms with Crippen LogP contribution in [-0.4, -0.2) is 66.5 Å². The first-order chi connectivity index (χ1) is 20.3. The fourth-order valence-electron chi connectivity index (χ4n) is 6.00. The van der Waals surface area contributed by atoms with Crippen LogP contribution in [0.3, 0.4) is 0 Å². The zero-order valence-corrected chi connectivity index (χ0v) is 26.3. The van der Waals surface area contributed by atoms with Gasteiger partial charge in [0.2, 0.25) is 5.91 Å². The summed E-state index contributed by atoms with van der Waals surface area (Å²) in [6.07, 6.45) is 7.37. The van der Waals surface area contributed by atoms with Crippen molar-refractivity contribution in [2.24, 2.45) is 11.8 Å². The summed E-state index contributed by atoms with van der Waals surface area (Å²) >= 11 is 0. The number of carbonyl (C=O) groups excluding carboxylic acids is 2.